The Bertz CT molecular complexity index is 952. The summed E-state index contributed by atoms with van der Waals surface area (Å²) in [6.07, 6.45) is 6.33. The first kappa shape index (κ1) is 26.1. The predicted octanol–water partition coefficient (Wildman–Crippen LogP) is 4.24. The van der Waals surface area contributed by atoms with Crippen molar-refractivity contribution in [3.63, 3.8) is 0 Å². The maximum atomic E-state index is 13.1. The number of hydrogen-bond donors (Lipinski definition) is 2. The average molecular weight is 484 g/mol. The van der Waals surface area contributed by atoms with Crippen molar-refractivity contribution in [3.8, 4) is 5.75 Å². The van der Waals surface area contributed by atoms with Crippen LogP contribution < -0.4 is 15.4 Å². The van der Waals surface area contributed by atoms with Gasteiger partial charge < -0.3 is 15.4 Å². The van der Waals surface area contributed by atoms with Gasteiger partial charge in [-0.25, -0.2) is 0 Å². The van der Waals surface area contributed by atoms with Gasteiger partial charge in [-0.2, -0.15) is 11.8 Å². The van der Waals surface area contributed by atoms with Crippen LogP contribution in [0.5, 0.6) is 5.75 Å². The molecule has 1 aliphatic heterocycles. The third-order valence-corrected chi connectivity index (χ3v) is 7.11. The molecule has 1 saturated heterocycles. The Morgan fingerprint density at radius 2 is 1.85 bits per heavy atom. The van der Waals surface area contributed by atoms with Crippen molar-refractivity contribution in [2.75, 3.05) is 25.7 Å². The first-order valence-corrected chi connectivity index (χ1v) is 13.4. The van der Waals surface area contributed by atoms with Crippen molar-refractivity contribution in [2.24, 2.45) is 0 Å². The van der Waals surface area contributed by atoms with Crippen molar-refractivity contribution < 1.29 is 14.3 Å². The predicted molar refractivity (Wildman–Crippen MR) is 139 cm³/mol. The van der Waals surface area contributed by atoms with Crippen LogP contribution in [-0.2, 0) is 17.9 Å². The molecular formula is C27H37N3O3S. The van der Waals surface area contributed by atoms with Crippen molar-refractivity contribution in [1.29, 1.82) is 0 Å². The highest BCUT2D eigenvalue weighted by Gasteiger charge is 2.23. The van der Waals surface area contributed by atoms with E-state index in [0.29, 0.717) is 30.3 Å². The highest BCUT2D eigenvalue weighted by Crippen LogP contribution is 2.21. The van der Waals surface area contributed by atoms with Gasteiger partial charge in [-0.1, -0.05) is 42.8 Å². The molecule has 2 aromatic rings. The molecule has 3 rings (SSSR count). The van der Waals surface area contributed by atoms with E-state index >= 15 is 0 Å². The molecule has 0 spiro atoms. The standard InChI is InChI=1S/C27H37N3O3S/c1-20-10-8-9-16-30(20)19-22-12-5-4-11-21(22)18-28-27(32)24(15-17-34-3)29-26(31)23-13-6-7-14-25(23)33-2/h4-7,11-14,20,24H,8-10,15-19H2,1-3H3,(H,28,32)(H,29,31). The number of nitrogens with zero attached hydrogens (tertiary/aromatic N) is 1. The third-order valence-electron chi connectivity index (χ3n) is 6.47. The maximum Gasteiger partial charge on any atom is 0.255 e. The average Bonchev–Trinajstić information content (AvgIpc) is 2.87. The lowest BCUT2D eigenvalue weighted by atomic mass is 10.0. The fraction of sp³-hybridized carbons (Fsp3) is 0.481. The highest BCUT2D eigenvalue weighted by atomic mass is 32.2. The molecule has 2 amide bonds. The van der Waals surface area contributed by atoms with Gasteiger partial charge in [-0.15, -0.1) is 0 Å². The molecule has 2 aromatic carbocycles. The van der Waals surface area contributed by atoms with E-state index in [2.05, 4.69) is 40.7 Å². The van der Waals surface area contributed by atoms with Crippen LogP contribution in [0.1, 0.15) is 54.1 Å². The number of para-hydroxylation sites is 1. The molecule has 6 nitrogen and oxygen atoms in total. The number of methoxy groups -OCH3 is 1. The molecule has 2 N–H and O–H groups in total. The zero-order chi connectivity index (χ0) is 24.3. The van der Waals surface area contributed by atoms with E-state index in [0.717, 1.165) is 24.4 Å². The number of thioether (sulfide) groups is 1. The largest absolute Gasteiger partial charge is 0.496 e. The van der Waals surface area contributed by atoms with Gasteiger partial charge in [0, 0.05) is 19.1 Å². The van der Waals surface area contributed by atoms with Crippen LogP contribution in [0, 0.1) is 0 Å². The summed E-state index contributed by atoms with van der Waals surface area (Å²) >= 11 is 1.65. The Balaban J connectivity index is 1.65. The summed E-state index contributed by atoms with van der Waals surface area (Å²) in [7, 11) is 1.53. The first-order valence-electron chi connectivity index (χ1n) is 12.0. The molecule has 1 heterocycles. The number of nitrogens with one attached hydrogen (secondary N) is 2. The number of benzene rings is 2. The van der Waals surface area contributed by atoms with Gasteiger partial charge in [-0.3, -0.25) is 14.5 Å². The van der Waals surface area contributed by atoms with Crippen molar-refractivity contribution in [3.05, 3.63) is 65.2 Å². The number of ether oxygens (including phenoxy) is 1. The van der Waals surface area contributed by atoms with Crippen LogP contribution in [-0.4, -0.2) is 54.5 Å². The number of piperidine rings is 1. The number of carbonyl (C=O) groups is 2. The van der Waals surface area contributed by atoms with E-state index in [4.69, 9.17) is 4.74 Å². The van der Waals surface area contributed by atoms with E-state index in [9.17, 15) is 9.59 Å². The molecule has 1 fully saturated rings. The van der Waals surface area contributed by atoms with Gasteiger partial charge in [0.1, 0.15) is 11.8 Å². The molecule has 0 saturated carbocycles. The Morgan fingerprint density at radius 1 is 1.12 bits per heavy atom. The number of hydrogen-bond acceptors (Lipinski definition) is 5. The number of carbonyl (C=O) groups excluding carboxylic acids is 2. The molecule has 184 valence electrons. The highest BCUT2D eigenvalue weighted by molar-refractivity contribution is 7.98. The lowest BCUT2D eigenvalue weighted by molar-refractivity contribution is -0.123. The fourth-order valence-electron chi connectivity index (χ4n) is 4.37. The minimum absolute atomic E-state index is 0.168. The van der Waals surface area contributed by atoms with Crippen molar-refractivity contribution in [1.82, 2.24) is 15.5 Å². The molecular weight excluding hydrogens is 446 g/mol. The minimum Gasteiger partial charge on any atom is -0.496 e. The first-order chi connectivity index (χ1) is 16.5. The second-order valence-electron chi connectivity index (χ2n) is 8.81. The van der Waals surface area contributed by atoms with Crippen LogP contribution in [0.25, 0.3) is 0 Å². The SMILES string of the molecule is COc1ccccc1C(=O)NC(CCSC)C(=O)NCc1ccccc1CN1CCCCC1C. The van der Waals surface area contributed by atoms with Gasteiger partial charge in [-0.05, 0) is 68.0 Å². The Morgan fingerprint density at radius 3 is 2.59 bits per heavy atom. The zero-order valence-electron chi connectivity index (χ0n) is 20.5. The molecule has 7 heteroatoms. The molecule has 0 aliphatic carbocycles. The Labute approximate surface area is 207 Å². The second-order valence-corrected chi connectivity index (χ2v) is 9.80. The van der Waals surface area contributed by atoms with Crippen LogP contribution >= 0.6 is 11.8 Å². The van der Waals surface area contributed by atoms with Crippen LogP contribution in [0.4, 0.5) is 0 Å². The molecule has 34 heavy (non-hydrogen) atoms. The summed E-state index contributed by atoms with van der Waals surface area (Å²) in [6, 6.07) is 15.3. The molecule has 2 unspecified atom stereocenters. The lowest BCUT2D eigenvalue weighted by Crippen LogP contribution is -2.47. The van der Waals surface area contributed by atoms with Gasteiger partial charge in [0.2, 0.25) is 5.91 Å². The summed E-state index contributed by atoms with van der Waals surface area (Å²) in [6.45, 7) is 4.75. The smallest absolute Gasteiger partial charge is 0.255 e. The topological polar surface area (TPSA) is 70.7 Å². The second kappa shape index (κ2) is 13.4. The third kappa shape index (κ3) is 7.24. The molecule has 1 aliphatic rings. The van der Waals surface area contributed by atoms with Crippen molar-refractivity contribution in [2.45, 2.75) is 57.8 Å². The lowest BCUT2D eigenvalue weighted by Gasteiger charge is -2.33. The summed E-state index contributed by atoms with van der Waals surface area (Å²) in [5.74, 6) is 0.787. The van der Waals surface area contributed by atoms with Gasteiger partial charge >= 0.3 is 0 Å². The summed E-state index contributed by atoms with van der Waals surface area (Å²) < 4.78 is 5.31. The van der Waals surface area contributed by atoms with E-state index in [1.54, 1.807) is 30.0 Å². The zero-order valence-corrected chi connectivity index (χ0v) is 21.3. The van der Waals surface area contributed by atoms with Crippen molar-refractivity contribution >= 4 is 23.6 Å². The quantitative estimate of drug-likeness (QED) is 0.500. The van der Waals surface area contributed by atoms with E-state index in [1.165, 1.54) is 31.9 Å². The summed E-state index contributed by atoms with van der Waals surface area (Å²) in [5, 5.41) is 5.98. The normalized spacial score (nSPS) is 17.1. The minimum atomic E-state index is -0.612. The summed E-state index contributed by atoms with van der Waals surface area (Å²) in [5.41, 5.74) is 2.79. The van der Waals surface area contributed by atoms with E-state index in [-0.39, 0.29) is 11.8 Å². The van der Waals surface area contributed by atoms with Crippen LogP contribution in [0.3, 0.4) is 0 Å². The van der Waals surface area contributed by atoms with E-state index < -0.39 is 6.04 Å². The van der Waals surface area contributed by atoms with Crippen LogP contribution in [0.15, 0.2) is 48.5 Å². The molecule has 2 atom stereocenters. The van der Waals surface area contributed by atoms with Gasteiger partial charge in [0.25, 0.3) is 5.91 Å². The van der Waals surface area contributed by atoms with Gasteiger partial charge in [0.15, 0.2) is 0 Å². The fourth-order valence-corrected chi connectivity index (χ4v) is 4.85. The molecule has 0 aromatic heterocycles. The maximum absolute atomic E-state index is 13.1. The Hall–Kier alpha value is -2.51. The monoisotopic (exact) mass is 483 g/mol. The molecule has 0 radical (unpaired) electrons. The molecule has 0 bridgehead atoms. The van der Waals surface area contributed by atoms with E-state index in [1.807, 2.05) is 18.4 Å². The summed E-state index contributed by atoms with van der Waals surface area (Å²) in [4.78, 5) is 28.5. The number of amides is 2. The van der Waals surface area contributed by atoms with Crippen LogP contribution in [0.2, 0.25) is 0 Å². The Kier molecular flexibility index (Phi) is 10.3. The number of rotatable bonds is 11. The number of likely N-dealkylation sites (tertiary alicyclic amines) is 1. The van der Waals surface area contributed by atoms with Gasteiger partial charge in [0.05, 0.1) is 12.7 Å².